The Morgan fingerprint density at radius 1 is 1.30 bits per heavy atom. The highest BCUT2D eigenvalue weighted by atomic mass is 16.6. The molecule has 0 radical (unpaired) electrons. The number of nitrogens with one attached hydrogen (secondary N) is 1. The summed E-state index contributed by atoms with van der Waals surface area (Å²) in [7, 11) is 0. The molecule has 0 amide bonds. The molecule has 2 aliphatic heterocycles. The van der Waals surface area contributed by atoms with Crippen LogP contribution in [0.25, 0.3) is 0 Å². The third kappa shape index (κ3) is 0.769. The van der Waals surface area contributed by atoms with Gasteiger partial charge in [0.2, 0.25) is 0 Å². The molecule has 2 bridgehead atoms. The molecule has 0 aromatic heterocycles. The molecule has 0 aliphatic carbocycles. The van der Waals surface area contributed by atoms with Gasteiger partial charge in [-0.25, -0.2) is 0 Å². The summed E-state index contributed by atoms with van der Waals surface area (Å²) in [5, 5.41) is 21.4. The van der Waals surface area contributed by atoms with Gasteiger partial charge in [0.15, 0.2) is 0 Å². The number of rotatable bonds is 0. The van der Waals surface area contributed by atoms with Crippen LogP contribution in [0.3, 0.4) is 0 Å². The Morgan fingerprint density at radius 2 is 2.10 bits per heavy atom. The number of hydrogen-bond donors (Lipinski definition) is 3. The van der Waals surface area contributed by atoms with E-state index < -0.39 is 12.2 Å². The molecule has 2 aliphatic rings. The first kappa shape index (κ1) is 6.54. The van der Waals surface area contributed by atoms with E-state index in [1.807, 2.05) is 0 Å². The summed E-state index contributed by atoms with van der Waals surface area (Å²) in [4.78, 5) is 0. The minimum Gasteiger partial charge on any atom is -0.388 e. The van der Waals surface area contributed by atoms with Crippen LogP contribution >= 0.6 is 0 Å². The normalized spacial score (nSPS) is 53.4. The molecule has 0 aromatic carbocycles. The van der Waals surface area contributed by atoms with Gasteiger partial charge in [-0.3, -0.25) is 5.32 Å². The van der Waals surface area contributed by atoms with Crippen LogP contribution in [0.4, 0.5) is 0 Å². The number of aliphatic hydroxyl groups excluding tert-OH is 2. The predicted octanol–water partition coefficient (Wildman–Crippen LogP) is -1.57. The van der Waals surface area contributed by atoms with Crippen molar-refractivity contribution in [3.05, 3.63) is 0 Å². The first-order chi connectivity index (χ1) is 4.79. The number of hydrogen-bond acceptors (Lipinski definition) is 4. The molecule has 2 saturated heterocycles. The van der Waals surface area contributed by atoms with Gasteiger partial charge in [0, 0.05) is 6.54 Å². The second kappa shape index (κ2) is 2.17. The van der Waals surface area contributed by atoms with E-state index in [1.54, 1.807) is 0 Å². The Labute approximate surface area is 58.8 Å². The van der Waals surface area contributed by atoms with E-state index in [0.29, 0.717) is 0 Å². The molecule has 2 heterocycles. The lowest BCUT2D eigenvalue weighted by molar-refractivity contribution is -0.0385. The van der Waals surface area contributed by atoms with Crippen LogP contribution in [-0.2, 0) is 4.74 Å². The first-order valence-electron chi connectivity index (χ1n) is 3.54. The van der Waals surface area contributed by atoms with E-state index in [0.717, 1.165) is 13.0 Å². The van der Waals surface area contributed by atoms with Crippen molar-refractivity contribution in [1.29, 1.82) is 0 Å². The summed E-state index contributed by atoms with van der Waals surface area (Å²) in [6.45, 7) is 0.823. The molecule has 4 heteroatoms. The third-order valence-corrected chi connectivity index (χ3v) is 2.14. The van der Waals surface area contributed by atoms with Crippen molar-refractivity contribution in [2.45, 2.75) is 31.0 Å². The van der Waals surface area contributed by atoms with Crippen molar-refractivity contribution >= 4 is 0 Å². The van der Waals surface area contributed by atoms with Crippen LogP contribution in [0, 0.1) is 0 Å². The van der Waals surface area contributed by atoms with Gasteiger partial charge in [0.1, 0.15) is 18.4 Å². The van der Waals surface area contributed by atoms with Gasteiger partial charge in [-0.15, -0.1) is 0 Å². The molecule has 58 valence electrons. The molecule has 0 saturated carbocycles. The number of ether oxygens (including phenoxy) is 1. The summed E-state index contributed by atoms with van der Waals surface area (Å²) in [6, 6.07) is 0. The maximum Gasteiger partial charge on any atom is 0.137 e. The predicted molar refractivity (Wildman–Crippen MR) is 33.3 cm³/mol. The minimum atomic E-state index is -0.743. The zero-order valence-corrected chi connectivity index (χ0v) is 5.53. The Bertz CT molecular complexity index is 123. The van der Waals surface area contributed by atoms with Crippen molar-refractivity contribution in [2.75, 3.05) is 6.54 Å². The van der Waals surface area contributed by atoms with Gasteiger partial charge in [-0.05, 0) is 6.42 Å². The van der Waals surface area contributed by atoms with E-state index in [2.05, 4.69) is 5.32 Å². The van der Waals surface area contributed by atoms with Crippen LogP contribution in [0.15, 0.2) is 0 Å². The largest absolute Gasteiger partial charge is 0.388 e. The number of fused-ring (bicyclic) bond motifs is 2. The smallest absolute Gasteiger partial charge is 0.137 e. The average Bonchev–Trinajstić information content (AvgIpc) is 2.17. The lowest BCUT2D eigenvalue weighted by Crippen LogP contribution is -2.41. The second-order valence-corrected chi connectivity index (χ2v) is 2.82. The highest BCUT2D eigenvalue weighted by Crippen LogP contribution is 2.24. The van der Waals surface area contributed by atoms with Gasteiger partial charge in [-0.2, -0.15) is 0 Å². The maximum atomic E-state index is 9.25. The van der Waals surface area contributed by atoms with Crippen LogP contribution in [-0.4, -0.2) is 41.3 Å². The fourth-order valence-corrected chi connectivity index (χ4v) is 1.52. The molecule has 4 atom stereocenters. The Balaban J connectivity index is 2.13. The van der Waals surface area contributed by atoms with Crippen LogP contribution < -0.4 is 5.32 Å². The van der Waals surface area contributed by atoms with Gasteiger partial charge in [0.25, 0.3) is 0 Å². The summed E-state index contributed by atoms with van der Waals surface area (Å²) >= 11 is 0. The fourth-order valence-electron chi connectivity index (χ4n) is 1.52. The highest BCUT2D eigenvalue weighted by molar-refractivity contribution is 4.92. The summed E-state index contributed by atoms with van der Waals surface area (Å²) in [5.74, 6) is 0. The zero-order chi connectivity index (χ0) is 7.14. The van der Waals surface area contributed by atoms with Crippen molar-refractivity contribution in [1.82, 2.24) is 5.32 Å². The quantitative estimate of drug-likeness (QED) is 0.385. The fraction of sp³-hybridized carbons (Fsp3) is 1.00. The second-order valence-electron chi connectivity index (χ2n) is 2.82. The Kier molecular flexibility index (Phi) is 1.42. The summed E-state index contributed by atoms with van der Waals surface area (Å²) in [5.41, 5.74) is 0. The topological polar surface area (TPSA) is 61.7 Å². The van der Waals surface area contributed by atoms with E-state index in [4.69, 9.17) is 4.74 Å². The lowest BCUT2D eigenvalue weighted by Gasteiger charge is -2.21. The minimum absolute atomic E-state index is 0.152. The molecule has 2 fully saturated rings. The molecule has 3 N–H and O–H groups in total. The first-order valence-corrected chi connectivity index (χ1v) is 3.54. The zero-order valence-electron chi connectivity index (χ0n) is 5.53. The van der Waals surface area contributed by atoms with Crippen molar-refractivity contribution < 1.29 is 14.9 Å². The van der Waals surface area contributed by atoms with Gasteiger partial charge in [-0.1, -0.05) is 0 Å². The maximum absolute atomic E-state index is 9.25. The molecule has 0 aromatic rings. The van der Waals surface area contributed by atoms with Crippen molar-refractivity contribution in [2.24, 2.45) is 0 Å². The monoisotopic (exact) mass is 145 g/mol. The van der Waals surface area contributed by atoms with E-state index >= 15 is 0 Å². The Hall–Kier alpha value is -0.160. The average molecular weight is 145 g/mol. The Morgan fingerprint density at radius 3 is 2.70 bits per heavy atom. The molecular weight excluding hydrogens is 134 g/mol. The van der Waals surface area contributed by atoms with Gasteiger partial charge >= 0.3 is 0 Å². The lowest BCUT2D eigenvalue weighted by atomic mass is 10.1. The van der Waals surface area contributed by atoms with E-state index in [-0.39, 0.29) is 12.3 Å². The van der Waals surface area contributed by atoms with Crippen LogP contribution in [0.1, 0.15) is 6.42 Å². The van der Waals surface area contributed by atoms with E-state index in [9.17, 15) is 10.2 Å². The molecule has 10 heavy (non-hydrogen) atoms. The van der Waals surface area contributed by atoms with Crippen LogP contribution in [0.2, 0.25) is 0 Å². The molecule has 2 rings (SSSR count). The SMILES string of the molecule is O[C@@H]1[C@@H](O)[C@H]2CCN[C@@H]1O2. The summed E-state index contributed by atoms with van der Waals surface area (Å²) in [6.07, 6.45) is -1.14. The highest BCUT2D eigenvalue weighted by Gasteiger charge is 2.44. The molecular formula is C6H11NO3. The third-order valence-electron chi connectivity index (χ3n) is 2.14. The van der Waals surface area contributed by atoms with E-state index in [1.165, 1.54) is 0 Å². The van der Waals surface area contributed by atoms with Crippen LogP contribution in [0.5, 0.6) is 0 Å². The standard InChI is InChI=1S/C6H11NO3/c8-4-3-1-2-7-6(10-3)5(4)9/h3-9H,1-2H2/t3-,4+,5-,6-/m1/s1. The number of aliphatic hydroxyl groups is 2. The molecule has 0 spiro atoms. The van der Waals surface area contributed by atoms with Gasteiger partial charge < -0.3 is 14.9 Å². The molecule has 0 unspecified atom stereocenters. The molecule has 4 nitrogen and oxygen atoms in total. The van der Waals surface area contributed by atoms with Crippen molar-refractivity contribution in [3.8, 4) is 0 Å². The van der Waals surface area contributed by atoms with Crippen molar-refractivity contribution in [3.63, 3.8) is 0 Å². The summed E-state index contributed by atoms with van der Waals surface area (Å²) < 4.78 is 5.21. The van der Waals surface area contributed by atoms with Gasteiger partial charge in [0.05, 0.1) is 6.10 Å².